The van der Waals surface area contributed by atoms with Crippen LogP contribution >= 0.6 is 0 Å². The molecule has 31 heavy (non-hydrogen) atoms. The van der Waals surface area contributed by atoms with Crippen molar-refractivity contribution in [1.29, 1.82) is 0 Å². The van der Waals surface area contributed by atoms with Gasteiger partial charge in [-0.2, -0.15) is 0 Å². The second-order valence-electron chi connectivity index (χ2n) is 7.62. The van der Waals surface area contributed by atoms with E-state index in [0.29, 0.717) is 0 Å². The minimum Gasteiger partial charge on any atom is -0.296 e. The first kappa shape index (κ1) is 19.6. The van der Waals surface area contributed by atoms with Gasteiger partial charge < -0.3 is 0 Å². The van der Waals surface area contributed by atoms with E-state index < -0.39 is 0 Å². The number of aromatic nitrogens is 1. The molecule has 0 saturated heterocycles. The maximum Gasteiger partial charge on any atom is 0.0607 e. The van der Waals surface area contributed by atoms with Crippen molar-refractivity contribution in [3.63, 3.8) is 0 Å². The van der Waals surface area contributed by atoms with E-state index in [1.807, 2.05) is 12.1 Å². The van der Waals surface area contributed by atoms with E-state index in [-0.39, 0.29) is 20.1 Å². The van der Waals surface area contributed by atoms with E-state index in [1.165, 1.54) is 33.2 Å². The first-order valence-corrected chi connectivity index (χ1v) is 10.1. The van der Waals surface area contributed by atoms with Crippen LogP contribution in [0.1, 0.15) is 5.56 Å². The molecule has 149 valence electrons. The third-order valence-corrected chi connectivity index (χ3v) is 5.90. The summed E-state index contributed by atoms with van der Waals surface area (Å²) in [4.78, 5) is 5.01. The number of nitrogens with zero attached hydrogens (tertiary/aromatic N) is 1. The Morgan fingerprint density at radius 1 is 0.710 bits per heavy atom. The van der Waals surface area contributed by atoms with Gasteiger partial charge in [-0.05, 0) is 45.1 Å². The van der Waals surface area contributed by atoms with Crippen LogP contribution in [0.2, 0.25) is 0 Å². The second-order valence-corrected chi connectivity index (χ2v) is 7.62. The molecular formula is C29H18IrN-. The van der Waals surface area contributed by atoms with Gasteiger partial charge in [0.2, 0.25) is 0 Å². The molecule has 5 aromatic rings. The van der Waals surface area contributed by atoms with Gasteiger partial charge in [0.15, 0.2) is 0 Å². The van der Waals surface area contributed by atoms with Crippen molar-refractivity contribution in [3.8, 4) is 44.6 Å². The Bertz CT molecular complexity index is 1450. The Labute approximate surface area is 195 Å². The monoisotopic (exact) mass is 573 g/mol. The fourth-order valence-electron chi connectivity index (χ4n) is 4.42. The Kier molecular flexibility index (Phi) is 4.90. The molecule has 1 radical (unpaired) electrons. The van der Waals surface area contributed by atoms with Crippen LogP contribution in [0.3, 0.4) is 0 Å². The molecule has 0 unspecified atom stereocenters. The molecule has 1 aliphatic carbocycles. The zero-order valence-corrected chi connectivity index (χ0v) is 19.1. The van der Waals surface area contributed by atoms with Gasteiger partial charge in [-0.3, -0.25) is 4.98 Å². The second kappa shape index (κ2) is 7.74. The average Bonchev–Trinajstić information content (AvgIpc) is 3.15. The molecule has 0 aliphatic heterocycles. The van der Waals surface area contributed by atoms with Crippen molar-refractivity contribution < 1.29 is 20.1 Å². The number of hydrogen-bond donors (Lipinski definition) is 0. The van der Waals surface area contributed by atoms with Crippen molar-refractivity contribution in [1.82, 2.24) is 4.98 Å². The van der Waals surface area contributed by atoms with E-state index in [2.05, 4.69) is 97.6 Å². The van der Waals surface area contributed by atoms with Crippen LogP contribution in [0.5, 0.6) is 0 Å². The SMILES string of the molecule is C=Cc1ccc(-c2cc[c-]c(-c3cc4c5c(cccc5n3)-c3ccccc3-4)c2)cc1.[Ir]. The summed E-state index contributed by atoms with van der Waals surface area (Å²) in [5, 5.41) is 1.25. The standard InChI is InChI=1S/C29H18N.Ir/c1-2-19-13-15-20(16-14-19)21-7-5-8-22(17-21)28-18-26-24-10-4-3-9-23(24)25-11-6-12-27(30-28)29(25)26;/h2-7,9-18H,1H2;/q-1;. The van der Waals surface area contributed by atoms with Crippen LogP contribution in [0.4, 0.5) is 0 Å². The average molecular weight is 573 g/mol. The quantitative estimate of drug-likeness (QED) is 0.199. The molecule has 0 fully saturated rings. The topological polar surface area (TPSA) is 12.9 Å². The van der Waals surface area contributed by atoms with Crippen LogP contribution in [0.25, 0.3) is 61.6 Å². The van der Waals surface area contributed by atoms with E-state index in [1.54, 1.807) is 0 Å². The third kappa shape index (κ3) is 3.16. The van der Waals surface area contributed by atoms with Gasteiger partial charge in [0.05, 0.1) is 5.52 Å². The van der Waals surface area contributed by atoms with Gasteiger partial charge >= 0.3 is 0 Å². The van der Waals surface area contributed by atoms with Crippen LogP contribution in [0.15, 0.2) is 97.6 Å². The van der Waals surface area contributed by atoms with E-state index in [0.717, 1.165) is 27.9 Å². The molecule has 0 bridgehead atoms. The molecule has 0 spiro atoms. The fraction of sp³-hybridized carbons (Fsp3) is 0. The van der Waals surface area contributed by atoms with Gasteiger partial charge in [-0.15, -0.1) is 35.4 Å². The molecule has 0 saturated carbocycles. The molecule has 1 aliphatic rings. The van der Waals surface area contributed by atoms with Crippen LogP contribution in [-0.2, 0) is 20.1 Å². The molecule has 0 N–H and O–H groups in total. The van der Waals surface area contributed by atoms with Crippen LogP contribution in [-0.4, -0.2) is 4.98 Å². The molecule has 0 atom stereocenters. The molecular weight excluding hydrogens is 555 g/mol. The molecule has 4 aromatic carbocycles. The van der Waals surface area contributed by atoms with E-state index in [9.17, 15) is 0 Å². The molecule has 6 rings (SSSR count). The molecule has 2 heteroatoms. The number of pyridine rings is 1. The molecule has 1 aromatic heterocycles. The summed E-state index contributed by atoms with van der Waals surface area (Å²) < 4.78 is 0. The van der Waals surface area contributed by atoms with Crippen molar-refractivity contribution in [2.24, 2.45) is 0 Å². The Morgan fingerprint density at radius 2 is 1.45 bits per heavy atom. The summed E-state index contributed by atoms with van der Waals surface area (Å²) >= 11 is 0. The summed E-state index contributed by atoms with van der Waals surface area (Å²) in [5.74, 6) is 0. The summed E-state index contributed by atoms with van der Waals surface area (Å²) in [6.45, 7) is 3.84. The number of rotatable bonds is 3. The van der Waals surface area contributed by atoms with Crippen molar-refractivity contribution in [3.05, 3.63) is 109 Å². The predicted octanol–water partition coefficient (Wildman–Crippen LogP) is 7.66. The Hall–Kier alpha value is -3.32. The normalized spacial score (nSPS) is 11.1. The van der Waals surface area contributed by atoms with Gasteiger partial charge in [0.25, 0.3) is 0 Å². The van der Waals surface area contributed by atoms with E-state index >= 15 is 0 Å². The summed E-state index contributed by atoms with van der Waals surface area (Å²) in [6.07, 6.45) is 1.86. The van der Waals surface area contributed by atoms with Gasteiger partial charge in [0, 0.05) is 25.5 Å². The van der Waals surface area contributed by atoms with Gasteiger partial charge in [-0.1, -0.05) is 79.4 Å². The van der Waals surface area contributed by atoms with Crippen molar-refractivity contribution in [2.75, 3.05) is 0 Å². The number of fused-ring (bicyclic) bond motifs is 3. The first-order valence-electron chi connectivity index (χ1n) is 10.1. The largest absolute Gasteiger partial charge is 0.296 e. The van der Waals surface area contributed by atoms with Crippen LogP contribution in [0, 0.1) is 6.07 Å². The summed E-state index contributed by atoms with van der Waals surface area (Å²) in [7, 11) is 0. The smallest absolute Gasteiger partial charge is 0.0607 e. The zero-order valence-electron chi connectivity index (χ0n) is 16.7. The van der Waals surface area contributed by atoms with Crippen molar-refractivity contribution in [2.45, 2.75) is 0 Å². The van der Waals surface area contributed by atoms with Gasteiger partial charge in [0.1, 0.15) is 0 Å². The maximum absolute atomic E-state index is 5.01. The van der Waals surface area contributed by atoms with Crippen LogP contribution < -0.4 is 0 Å². The summed E-state index contributed by atoms with van der Waals surface area (Å²) in [5.41, 5.74) is 11.6. The molecule has 0 amide bonds. The number of hydrogen-bond acceptors (Lipinski definition) is 1. The minimum atomic E-state index is 0. The Balaban J connectivity index is 0.00000204. The molecule has 1 nitrogen and oxygen atoms in total. The maximum atomic E-state index is 5.01. The molecule has 1 heterocycles. The first-order chi connectivity index (χ1) is 14.8. The predicted molar refractivity (Wildman–Crippen MR) is 126 cm³/mol. The fourth-order valence-corrected chi connectivity index (χ4v) is 4.42. The summed E-state index contributed by atoms with van der Waals surface area (Å²) in [6, 6.07) is 35.3. The van der Waals surface area contributed by atoms with E-state index in [4.69, 9.17) is 4.98 Å². The van der Waals surface area contributed by atoms with Gasteiger partial charge in [-0.25, -0.2) is 0 Å². The minimum absolute atomic E-state index is 0. The number of benzene rings is 4. The third-order valence-electron chi connectivity index (χ3n) is 5.90. The zero-order chi connectivity index (χ0) is 20.1. The van der Waals surface area contributed by atoms with Crippen molar-refractivity contribution >= 4 is 17.0 Å². The Morgan fingerprint density at radius 3 is 2.23 bits per heavy atom.